The zero-order valence-electron chi connectivity index (χ0n) is 9.65. The number of amides is 1. The highest BCUT2D eigenvalue weighted by molar-refractivity contribution is 6.28. The van der Waals surface area contributed by atoms with E-state index in [0.29, 0.717) is 6.54 Å². The molecule has 1 heterocycles. The molecule has 1 aromatic carbocycles. The van der Waals surface area contributed by atoms with Gasteiger partial charge in [-0.3, -0.25) is 9.59 Å². The van der Waals surface area contributed by atoms with Crippen LogP contribution in [0.5, 0.6) is 0 Å². The highest BCUT2D eigenvalue weighted by Crippen LogP contribution is 2.30. The highest BCUT2D eigenvalue weighted by Gasteiger charge is 2.33. The Bertz CT molecular complexity index is 458. The highest BCUT2D eigenvalue weighted by atomic mass is 35.5. The van der Waals surface area contributed by atoms with Gasteiger partial charge in [-0.1, -0.05) is 24.3 Å². The summed E-state index contributed by atoms with van der Waals surface area (Å²) in [5.74, 6) is -0.264. The van der Waals surface area contributed by atoms with Gasteiger partial charge in [-0.05, 0) is 17.5 Å². The third kappa shape index (κ3) is 2.20. The quantitative estimate of drug-likeness (QED) is 0.754. The second-order valence-electron chi connectivity index (χ2n) is 4.16. The van der Waals surface area contributed by atoms with Crippen molar-refractivity contribution in [3.8, 4) is 0 Å². The van der Waals surface area contributed by atoms with E-state index in [4.69, 9.17) is 11.6 Å². The Kier molecular flexibility index (Phi) is 3.48. The number of rotatable bonds is 2. The summed E-state index contributed by atoms with van der Waals surface area (Å²) in [4.78, 5) is 25.1. The van der Waals surface area contributed by atoms with Crippen LogP contribution >= 0.6 is 11.6 Å². The molecule has 1 unspecified atom stereocenters. The number of alkyl halides is 1. The molecule has 1 aliphatic rings. The smallest absolute Gasteiger partial charge is 0.220 e. The molecule has 0 spiro atoms. The van der Waals surface area contributed by atoms with Crippen molar-refractivity contribution in [2.24, 2.45) is 0 Å². The van der Waals surface area contributed by atoms with Gasteiger partial charge in [-0.2, -0.15) is 0 Å². The van der Waals surface area contributed by atoms with Crippen LogP contribution in [-0.4, -0.2) is 29.0 Å². The van der Waals surface area contributed by atoms with E-state index in [-0.39, 0.29) is 17.6 Å². The summed E-state index contributed by atoms with van der Waals surface area (Å²) in [7, 11) is 0. The molecule has 1 aromatic rings. The minimum atomic E-state index is -0.505. The fraction of sp³-hybridized carbons (Fsp3) is 0.385. The van der Waals surface area contributed by atoms with Gasteiger partial charge in [0.2, 0.25) is 5.91 Å². The first-order valence-corrected chi connectivity index (χ1v) is 6.12. The number of carbonyl (C=O) groups is 2. The molecule has 90 valence electrons. The van der Waals surface area contributed by atoms with Crippen molar-refractivity contribution in [1.29, 1.82) is 0 Å². The molecule has 1 amide bonds. The van der Waals surface area contributed by atoms with Gasteiger partial charge in [0.15, 0.2) is 5.78 Å². The third-order valence-electron chi connectivity index (χ3n) is 3.12. The maximum Gasteiger partial charge on any atom is 0.220 e. The van der Waals surface area contributed by atoms with Gasteiger partial charge in [0.25, 0.3) is 0 Å². The lowest BCUT2D eigenvalue weighted by Gasteiger charge is -2.35. The molecule has 0 aliphatic carbocycles. The van der Waals surface area contributed by atoms with Crippen LogP contribution in [0.2, 0.25) is 0 Å². The lowest BCUT2D eigenvalue weighted by atomic mass is 9.90. The van der Waals surface area contributed by atoms with Gasteiger partial charge < -0.3 is 4.90 Å². The molecule has 3 nitrogen and oxygen atoms in total. The van der Waals surface area contributed by atoms with Crippen molar-refractivity contribution in [1.82, 2.24) is 4.90 Å². The third-order valence-corrected chi connectivity index (χ3v) is 3.39. The minimum absolute atomic E-state index is 0.0667. The summed E-state index contributed by atoms with van der Waals surface area (Å²) in [5, 5.41) is 0. The van der Waals surface area contributed by atoms with E-state index in [1.165, 1.54) is 6.92 Å². The lowest BCUT2D eigenvalue weighted by Crippen LogP contribution is -2.42. The standard InChI is InChI=1S/C13H14ClNO2/c1-9(16)15-7-6-10-4-2-3-5-11(10)13(15)12(17)8-14/h2-5,13H,6-8H2,1H3. The summed E-state index contributed by atoms with van der Waals surface area (Å²) in [6.07, 6.45) is 0.793. The molecule has 0 bridgehead atoms. The summed E-state index contributed by atoms with van der Waals surface area (Å²) in [6.45, 7) is 2.07. The van der Waals surface area contributed by atoms with Gasteiger partial charge in [0.1, 0.15) is 6.04 Å². The topological polar surface area (TPSA) is 37.4 Å². The van der Waals surface area contributed by atoms with E-state index in [9.17, 15) is 9.59 Å². The fourth-order valence-corrected chi connectivity index (χ4v) is 2.47. The van der Waals surface area contributed by atoms with Crippen molar-refractivity contribution in [3.05, 3.63) is 35.4 Å². The number of fused-ring (bicyclic) bond motifs is 1. The molecule has 0 saturated heterocycles. The molecule has 1 aliphatic heterocycles. The van der Waals surface area contributed by atoms with Crippen LogP contribution in [0, 0.1) is 0 Å². The zero-order valence-corrected chi connectivity index (χ0v) is 10.4. The number of halogens is 1. The van der Waals surface area contributed by atoms with Crippen LogP contribution in [0.15, 0.2) is 24.3 Å². The SMILES string of the molecule is CC(=O)N1CCc2ccccc2C1C(=O)CCl. The number of nitrogens with zero attached hydrogens (tertiary/aromatic N) is 1. The van der Waals surface area contributed by atoms with Gasteiger partial charge in [0.05, 0.1) is 5.88 Å². The Morgan fingerprint density at radius 1 is 1.41 bits per heavy atom. The molecule has 4 heteroatoms. The Hall–Kier alpha value is -1.35. The molecular formula is C13H14ClNO2. The average Bonchev–Trinajstić information content (AvgIpc) is 2.36. The van der Waals surface area contributed by atoms with E-state index < -0.39 is 6.04 Å². The zero-order chi connectivity index (χ0) is 12.4. The van der Waals surface area contributed by atoms with Crippen molar-refractivity contribution in [2.45, 2.75) is 19.4 Å². The summed E-state index contributed by atoms with van der Waals surface area (Å²) >= 11 is 5.63. The van der Waals surface area contributed by atoms with Crippen molar-refractivity contribution >= 4 is 23.3 Å². The normalized spacial score (nSPS) is 18.7. The molecule has 0 N–H and O–H groups in total. The van der Waals surface area contributed by atoms with Crippen molar-refractivity contribution in [3.63, 3.8) is 0 Å². The molecule has 1 atom stereocenters. The van der Waals surface area contributed by atoms with Crippen LogP contribution in [0.1, 0.15) is 24.1 Å². The molecule has 0 saturated carbocycles. The molecular weight excluding hydrogens is 238 g/mol. The molecule has 0 radical (unpaired) electrons. The Balaban J connectivity index is 2.46. The molecule has 0 fully saturated rings. The second-order valence-corrected chi connectivity index (χ2v) is 4.43. The van der Waals surface area contributed by atoms with Crippen LogP contribution in [0.3, 0.4) is 0 Å². The van der Waals surface area contributed by atoms with E-state index in [1.807, 2.05) is 24.3 Å². The van der Waals surface area contributed by atoms with Crippen LogP contribution < -0.4 is 0 Å². The summed E-state index contributed by atoms with van der Waals surface area (Å²) < 4.78 is 0. The summed E-state index contributed by atoms with van der Waals surface area (Å²) in [6, 6.07) is 7.23. The van der Waals surface area contributed by atoms with Crippen molar-refractivity contribution < 1.29 is 9.59 Å². The van der Waals surface area contributed by atoms with E-state index >= 15 is 0 Å². The Morgan fingerprint density at radius 2 is 2.12 bits per heavy atom. The Labute approximate surface area is 105 Å². The molecule has 17 heavy (non-hydrogen) atoms. The number of benzene rings is 1. The van der Waals surface area contributed by atoms with E-state index in [1.54, 1.807) is 4.90 Å². The number of Topliss-reactive ketones (excluding diaryl/α,β-unsaturated/α-hetero) is 1. The first-order valence-electron chi connectivity index (χ1n) is 5.59. The fourth-order valence-electron chi connectivity index (χ4n) is 2.33. The van der Waals surface area contributed by atoms with Crippen molar-refractivity contribution in [2.75, 3.05) is 12.4 Å². The van der Waals surface area contributed by atoms with Crippen LogP contribution in [-0.2, 0) is 16.0 Å². The predicted molar refractivity (Wildman–Crippen MR) is 66.0 cm³/mol. The van der Waals surface area contributed by atoms with Crippen LogP contribution in [0.4, 0.5) is 0 Å². The minimum Gasteiger partial charge on any atom is -0.328 e. The number of hydrogen-bond acceptors (Lipinski definition) is 2. The maximum atomic E-state index is 11.9. The number of hydrogen-bond donors (Lipinski definition) is 0. The lowest BCUT2D eigenvalue weighted by molar-refractivity contribution is -0.137. The first kappa shape index (κ1) is 12.1. The number of carbonyl (C=O) groups excluding carboxylic acids is 2. The van der Waals surface area contributed by atoms with Crippen LogP contribution in [0.25, 0.3) is 0 Å². The predicted octanol–water partition coefficient (Wildman–Crippen LogP) is 1.94. The van der Waals surface area contributed by atoms with Gasteiger partial charge in [-0.25, -0.2) is 0 Å². The van der Waals surface area contributed by atoms with Gasteiger partial charge in [0, 0.05) is 13.5 Å². The summed E-state index contributed by atoms with van der Waals surface area (Å²) in [5.41, 5.74) is 2.05. The Morgan fingerprint density at radius 3 is 2.76 bits per heavy atom. The molecule has 2 rings (SSSR count). The number of ketones is 1. The average molecular weight is 252 g/mol. The van der Waals surface area contributed by atoms with E-state index in [2.05, 4.69) is 0 Å². The monoisotopic (exact) mass is 251 g/mol. The second kappa shape index (κ2) is 4.88. The maximum absolute atomic E-state index is 11.9. The van der Waals surface area contributed by atoms with E-state index in [0.717, 1.165) is 17.5 Å². The van der Waals surface area contributed by atoms with Gasteiger partial charge >= 0.3 is 0 Å². The largest absolute Gasteiger partial charge is 0.328 e. The molecule has 0 aromatic heterocycles. The van der Waals surface area contributed by atoms with Gasteiger partial charge in [-0.15, -0.1) is 11.6 Å². The first-order chi connectivity index (χ1) is 8.15.